The van der Waals surface area contributed by atoms with Crippen LogP contribution in [0.25, 0.3) is 0 Å². The van der Waals surface area contributed by atoms with Gasteiger partial charge in [-0.15, -0.1) is 0 Å². The molecule has 6 nitrogen and oxygen atoms in total. The minimum absolute atomic E-state index is 0.236. The van der Waals surface area contributed by atoms with E-state index in [0.29, 0.717) is 12.5 Å². The lowest BCUT2D eigenvalue weighted by Crippen LogP contribution is -2.49. The lowest BCUT2D eigenvalue weighted by atomic mass is 10.1. The van der Waals surface area contributed by atoms with Gasteiger partial charge in [-0.2, -0.15) is 0 Å². The number of hydrogen-bond donors (Lipinski definition) is 2. The maximum atomic E-state index is 12.5. The summed E-state index contributed by atoms with van der Waals surface area (Å²) in [6.07, 6.45) is 1.83. The molecule has 2 saturated heterocycles. The number of aryl methyl sites for hydroxylation is 1. The van der Waals surface area contributed by atoms with Gasteiger partial charge < -0.3 is 16.0 Å². The van der Waals surface area contributed by atoms with E-state index in [4.69, 9.17) is 16.4 Å². The minimum atomic E-state index is 0.236. The molecular formula is C18H27ClN4O2. The van der Waals surface area contributed by atoms with E-state index in [-0.39, 0.29) is 12.3 Å². The Labute approximate surface area is 154 Å². The molecule has 0 spiro atoms. The number of primary amides is 1. The second-order valence-electron chi connectivity index (χ2n) is 6.46. The Morgan fingerprint density at radius 1 is 1.36 bits per heavy atom. The quantitative estimate of drug-likeness (QED) is 0.775. The highest BCUT2D eigenvalue weighted by Crippen LogP contribution is 2.20. The number of nitrogens with two attached hydrogens (primary N) is 1. The minimum Gasteiger partial charge on any atom is -0.372 e. The van der Waals surface area contributed by atoms with Gasteiger partial charge in [-0.1, -0.05) is 23.7 Å². The Hall–Kier alpha value is -1.63. The van der Waals surface area contributed by atoms with Crippen molar-refractivity contribution in [2.45, 2.75) is 25.8 Å². The summed E-state index contributed by atoms with van der Waals surface area (Å²) in [7, 11) is 0. The van der Waals surface area contributed by atoms with Gasteiger partial charge in [0.1, 0.15) is 0 Å². The number of nitrogens with zero attached hydrogens (tertiary/aromatic N) is 2. The standard InChI is InChI=1S/C17H24ClN3O.CH3NO/c1-13-10-14(2-3-16(13)18)11-17(22)21-7-4-15(12-21)20-8-5-19-6-9-20;2-1-3/h2-3,10,15,19H,4-9,11-12H2,1H3;1H,(H2,2,3). The van der Waals surface area contributed by atoms with Crippen molar-refractivity contribution >= 4 is 23.9 Å². The van der Waals surface area contributed by atoms with Crippen LogP contribution in [0.15, 0.2) is 18.2 Å². The van der Waals surface area contributed by atoms with Crippen LogP contribution in [-0.4, -0.2) is 67.4 Å². The Morgan fingerprint density at radius 2 is 2.04 bits per heavy atom. The lowest BCUT2D eigenvalue weighted by molar-refractivity contribution is -0.129. The Morgan fingerprint density at radius 3 is 2.68 bits per heavy atom. The topological polar surface area (TPSA) is 78.7 Å². The summed E-state index contributed by atoms with van der Waals surface area (Å²) in [4.78, 5) is 25.6. The zero-order valence-corrected chi connectivity index (χ0v) is 15.5. The molecule has 0 saturated carbocycles. The number of benzene rings is 1. The van der Waals surface area contributed by atoms with Gasteiger partial charge in [-0.05, 0) is 30.5 Å². The molecule has 1 atom stereocenters. The molecule has 1 aromatic rings. The Kier molecular flexibility index (Phi) is 7.68. The first-order valence-corrected chi connectivity index (χ1v) is 9.06. The van der Waals surface area contributed by atoms with Gasteiger partial charge in [-0.3, -0.25) is 14.5 Å². The fourth-order valence-electron chi connectivity index (χ4n) is 3.42. The number of piperazine rings is 1. The Balaban J connectivity index is 0.000000701. The number of rotatable bonds is 3. The highest BCUT2D eigenvalue weighted by molar-refractivity contribution is 6.31. The number of carbonyl (C=O) groups is 2. The highest BCUT2D eigenvalue weighted by atomic mass is 35.5. The zero-order chi connectivity index (χ0) is 18.2. The monoisotopic (exact) mass is 366 g/mol. The maximum absolute atomic E-state index is 12.5. The van der Waals surface area contributed by atoms with Crippen molar-refractivity contribution in [2.75, 3.05) is 39.3 Å². The smallest absolute Gasteiger partial charge is 0.227 e. The van der Waals surface area contributed by atoms with E-state index in [0.717, 1.165) is 61.8 Å². The van der Waals surface area contributed by atoms with E-state index in [1.807, 2.05) is 30.0 Å². The van der Waals surface area contributed by atoms with E-state index in [1.54, 1.807) is 0 Å². The zero-order valence-electron chi connectivity index (χ0n) is 14.7. The van der Waals surface area contributed by atoms with E-state index in [9.17, 15) is 4.79 Å². The van der Waals surface area contributed by atoms with Crippen LogP contribution >= 0.6 is 11.6 Å². The van der Waals surface area contributed by atoms with E-state index in [1.165, 1.54) is 0 Å². The first-order chi connectivity index (χ1) is 12.0. The third-order valence-corrected chi connectivity index (χ3v) is 5.19. The number of carbonyl (C=O) groups excluding carboxylic acids is 2. The van der Waals surface area contributed by atoms with Crippen LogP contribution in [0.5, 0.6) is 0 Å². The predicted octanol–water partition coefficient (Wildman–Crippen LogP) is 0.799. The van der Waals surface area contributed by atoms with Crippen LogP contribution < -0.4 is 11.1 Å². The molecule has 1 aromatic carbocycles. The average Bonchev–Trinajstić information content (AvgIpc) is 3.10. The van der Waals surface area contributed by atoms with E-state index in [2.05, 4.69) is 16.0 Å². The van der Waals surface area contributed by atoms with Crippen LogP contribution in [0, 0.1) is 6.92 Å². The van der Waals surface area contributed by atoms with Crippen LogP contribution in [0.2, 0.25) is 5.02 Å². The second-order valence-corrected chi connectivity index (χ2v) is 6.87. The summed E-state index contributed by atoms with van der Waals surface area (Å²) < 4.78 is 0. The average molecular weight is 367 g/mol. The first kappa shape index (κ1) is 19.7. The van der Waals surface area contributed by atoms with E-state index >= 15 is 0 Å². The van der Waals surface area contributed by atoms with Crippen molar-refractivity contribution < 1.29 is 9.59 Å². The van der Waals surface area contributed by atoms with Crippen LogP contribution in [-0.2, 0) is 16.0 Å². The molecule has 1 unspecified atom stereocenters. The summed E-state index contributed by atoms with van der Waals surface area (Å²) in [5, 5.41) is 4.14. The molecule has 2 amide bonds. The molecule has 25 heavy (non-hydrogen) atoms. The summed E-state index contributed by atoms with van der Waals surface area (Å²) in [5.74, 6) is 0.236. The molecule has 2 heterocycles. The van der Waals surface area contributed by atoms with Crippen LogP contribution in [0.4, 0.5) is 0 Å². The molecule has 138 valence electrons. The third kappa shape index (κ3) is 5.70. The van der Waals surface area contributed by atoms with Crippen LogP contribution in [0.3, 0.4) is 0 Å². The molecule has 0 aromatic heterocycles. The number of halogens is 1. The lowest BCUT2D eigenvalue weighted by Gasteiger charge is -2.32. The normalized spacial score (nSPS) is 20.7. The fraction of sp³-hybridized carbons (Fsp3) is 0.556. The van der Waals surface area contributed by atoms with Gasteiger partial charge in [0.05, 0.1) is 6.42 Å². The van der Waals surface area contributed by atoms with Crippen molar-refractivity contribution in [3.05, 3.63) is 34.3 Å². The third-order valence-electron chi connectivity index (χ3n) is 4.76. The van der Waals surface area contributed by atoms with Crippen molar-refractivity contribution in [3.63, 3.8) is 0 Å². The highest BCUT2D eigenvalue weighted by Gasteiger charge is 2.30. The number of amides is 2. The van der Waals surface area contributed by atoms with Gasteiger partial charge >= 0.3 is 0 Å². The molecule has 3 rings (SSSR count). The summed E-state index contributed by atoms with van der Waals surface area (Å²) in [6.45, 7) is 8.08. The molecular weight excluding hydrogens is 340 g/mol. The predicted molar refractivity (Wildman–Crippen MR) is 99.6 cm³/mol. The molecule has 7 heteroatoms. The van der Waals surface area contributed by atoms with Gasteiger partial charge in [0.2, 0.25) is 12.3 Å². The van der Waals surface area contributed by atoms with Crippen molar-refractivity contribution in [1.29, 1.82) is 0 Å². The molecule has 0 aliphatic carbocycles. The Bertz CT molecular complexity index is 590. The summed E-state index contributed by atoms with van der Waals surface area (Å²) >= 11 is 6.04. The van der Waals surface area contributed by atoms with Gasteiger partial charge in [0, 0.05) is 50.3 Å². The van der Waals surface area contributed by atoms with Gasteiger partial charge in [0.25, 0.3) is 0 Å². The number of likely N-dealkylation sites (tertiary alicyclic amines) is 1. The van der Waals surface area contributed by atoms with E-state index < -0.39 is 0 Å². The number of nitrogens with one attached hydrogen (secondary N) is 1. The molecule has 0 bridgehead atoms. The second kappa shape index (κ2) is 9.75. The van der Waals surface area contributed by atoms with Crippen LogP contribution in [0.1, 0.15) is 17.5 Å². The largest absolute Gasteiger partial charge is 0.372 e. The van der Waals surface area contributed by atoms with Gasteiger partial charge in [0.15, 0.2) is 0 Å². The summed E-state index contributed by atoms with van der Waals surface area (Å²) in [6, 6.07) is 6.40. The van der Waals surface area contributed by atoms with Crippen molar-refractivity contribution in [2.24, 2.45) is 5.73 Å². The molecule has 2 aliphatic heterocycles. The molecule has 0 radical (unpaired) electrons. The first-order valence-electron chi connectivity index (χ1n) is 8.68. The van der Waals surface area contributed by atoms with Crippen molar-refractivity contribution in [3.8, 4) is 0 Å². The summed E-state index contributed by atoms with van der Waals surface area (Å²) in [5.41, 5.74) is 6.25. The SMILES string of the molecule is Cc1cc(CC(=O)N2CCC(N3CCNCC3)C2)ccc1Cl.NC=O. The maximum Gasteiger partial charge on any atom is 0.227 e. The molecule has 3 N–H and O–H groups in total. The molecule has 2 fully saturated rings. The van der Waals surface area contributed by atoms with Crippen molar-refractivity contribution in [1.82, 2.24) is 15.1 Å². The molecule has 2 aliphatic rings. The number of hydrogen-bond acceptors (Lipinski definition) is 4. The van der Waals surface area contributed by atoms with Gasteiger partial charge in [-0.25, -0.2) is 0 Å². The fourth-order valence-corrected chi connectivity index (χ4v) is 3.53.